The third-order valence-corrected chi connectivity index (χ3v) is 3.39. The van der Waals surface area contributed by atoms with Crippen LogP contribution in [-0.4, -0.2) is 19.2 Å². The van der Waals surface area contributed by atoms with E-state index >= 15 is 0 Å². The largest absolute Gasteiger partial charge is 0.496 e. The molecule has 0 heterocycles. The molecular weight excluding hydrogens is 212 g/mol. The number of benzene rings is 1. The lowest BCUT2D eigenvalue weighted by atomic mass is 10.0. The lowest BCUT2D eigenvalue weighted by molar-refractivity contribution is 0.407. The second-order valence-electron chi connectivity index (χ2n) is 5.33. The van der Waals surface area contributed by atoms with E-state index in [1.807, 2.05) is 6.07 Å². The fourth-order valence-electron chi connectivity index (χ4n) is 1.91. The summed E-state index contributed by atoms with van der Waals surface area (Å²) in [5.74, 6) is 1.42. The van der Waals surface area contributed by atoms with Crippen LogP contribution in [-0.2, 0) is 0 Å². The van der Waals surface area contributed by atoms with Gasteiger partial charge in [-0.2, -0.15) is 0 Å². The minimum atomic E-state index is 0.0396. The predicted octanol–water partition coefficient (Wildman–Crippen LogP) is 2.72. The number of ether oxygens (including phenoxy) is 1. The average Bonchev–Trinajstić information content (AvgIpc) is 3.05. The zero-order valence-corrected chi connectivity index (χ0v) is 10.9. The van der Waals surface area contributed by atoms with E-state index in [1.165, 1.54) is 5.56 Å². The van der Waals surface area contributed by atoms with E-state index in [0.29, 0.717) is 5.92 Å². The highest BCUT2D eigenvalue weighted by molar-refractivity contribution is 5.52. The highest BCUT2D eigenvalue weighted by Crippen LogP contribution is 2.33. The van der Waals surface area contributed by atoms with Gasteiger partial charge in [0.1, 0.15) is 5.75 Å². The zero-order valence-electron chi connectivity index (χ0n) is 10.9. The summed E-state index contributed by atoms with van der Waals surface area (Å²) in [5, 5.41) is 3.41. The summed E-state index contributed by atoms with van der Waals surface area (Å²) < 4.78 is 5.37. The van der Waals surface area contributed by atoms with Gasteiger partial charge in [-0.1, -0.05) is 13.8 Å². The summed E-state index contributed by atoms with van der Waals surface area (Å²) in [7, 11) is 1.72. The Balaban J connectivity index is 2.09. The molecule has 0 saturated heterocycles. The van der Waals surface area contributed by atoms with Crippen LogP contribution in [0.5, 0.6) is 5.75 Å². The number of hydrogen-bond acceptors (Lipinski definition) is 3. The van der Waals surface area contributed by atoms with Crippen LogP contribution in [0.3, 0.4) is 0 Å². The molecule has 1 saturated carbocycles. The molecule has 0 spiro atoms. The van der Waals surface area contributed by atoms with Gasteiger partial charge in [-0.15, -0.1) is 0 Å². The standard InChI is InChI=1S/C14H22N2O/c1-10(2)12-8-11(4-5-13(12)17-3)16-9-14(15)6-7-14/h4-5,8,10,16H,6-7,9,15H2,1-3H3. The molecule has 0 amide bonds. The zero-order chi connectivity index (χ0) is 12.5. The van der Waals surface area contributed by atoms with E-state index in [1.54, 1.807) is 7.11 Å². The van der Waals surface area contributed by atoms with Crippen LogP contribution >= 0.6 is 0 Å². The Morgan fingerprint density at radius 1 is 1.41 bits per heavy atom. The first-order chi connectivity index (χ1) is 8.04. The highest BCUT2D eigenvalue weighted by Gasteiger charge is 2.37. The highest BCUT2D eigenvalue weighted by atomic mass is 16.5. The number of methoxy groups -OCH3 is 1. The van der Waals surface area contributed by atoms with Crippen LogP contribution in [0.4, 0.5) is 5.69 Å². The van der Waals surface area contributed by atoms with Crippen molar-refractivity contribution < 1.29 is 4.74 Å². The van der Waals surface area contributed by atoms with Crippen molar-refractivity contribution in [2.45, 2.75) is 38.1 Å². The van der Waals surface area contributed by atoms with Gasteiger partial charge in [-0.3, -0.25) is 0 Å². The summed E-state index contributed by atoms with van der Waals surface area (Å²) in [6.45, 7) is 5.21. The lowest BCUT2D eigenvalue weighted by Crippen LogP contribution is -2.31. The quantitative estimate of drug-likeness (QED) is 0.823. The van der Waals surface area contributed by atoms with Crippen molar-refractivity contribution in [3.8, 4) is 5.75 Å². The molecule has 0 atom stereocenters. The molecule has 0 unspecified atom stereocenters. The van der Waals surface area contributed by atoms with Gasteiger partial charge in [0.2, 0.25) is 0 Å². The fourth-order valence-corrected chi connectivity index (χ4v) is 1.91. The lowest BCUT2D eigenvalue weighted by Gasteiger charge is -2.16. The van der Waals surface area contributed by atoms with Crippen molar-refractivity contribution in [1.82, 2.24) is 0 Å². The van der Waals surface area contributed by atoms with Crippen LogP contribution < -0.4 is 15.8 Å². The molecule has 0 radical (unpaired) electrons. The maximum atomic E-state index is 6.06. The van der Waals surface area contributed by atoms with Gasteiger partial charge in [-0.25, -0.2) is 0 Å². The molecule has 3 N–H and O–H groups in total. The Morgan fingerprint density at radius 2 is 2.12 bits per heavy atom. The molecule has 1 aliphatic carbocycles. The van der Waals surface area contributed by atoms with Crippen molar-refractivity contribution in [2.75, 3.05) is 19.0 Å². The molecule has 3 heteroatoms. The summed E-state index contributed by atoms with van der Waals surface area (Å²) >= 11 is 0. The first-order valence-corrected chi connectivity index (χ1v) is 6.25. The van der Waals surface area contributed by atoms with Gasteiger partial charge in [-0.05, 0) is 42.5 Å². The van der Waals surface area contributed by atoms with Crippen LogP contribution in [0.25, 0.3) is 0 Å². The molecule has 0 aromatic heterocycles. The van der Waals surface area contributed by atoms with E-state index in [2.05, 4.69) is 31.3 Å². The molecule has 1 fully saturated rings. The van der Waals surface area contributed by atoms with Crippen molar-refractivity contribution in [1.29, 1.82) is 0 Å². The van der Waals surface area contributed by atoms with Crippen molar-refractivity contribution >= 4 is 5.69 Å². The van der Waals surface area contributed by atoms with Crippen LogP contribution in [0, 0.1) is 0 Å². The van der Waals surface area contributed by atoms with E-state index in [0.717, 1.165) is 30.8 Å². The number of anilines is 1. The first kappa shape index (κ1) is 12.2. The molecular formula is C14H22N2O. The van der Waals surface area contributed by atoms with E-state index < -0.39 is 0 Å². The maximum absolute atomic E-state index is 6.06. The summed E-state index contributed by atoms with van der Waals surface area (Å²) in [6, 6.07) is 6.24. The molecule has 3 nitrogen and oxygen atoms in total. The first-order valence-electron chi connectivity index (χ1n) is 6.25. The van der Waals surface area contributed by atoms with Gasteiger partial charge in [0.25, 0.3) is 0 Å². The number of nitrogens with two attached hydrogens (primary N) is 1. The molecule has 1 aromatic rings. The second-order valence-corrected chi connectivity index (χ2v) is 5.33. The third kappa shape index (κ3) is 2.91. The Labute approximate surface area is 103 Å². The normalized spacial score (nSPS) is 17.0. The Hall–Kier alpha value is -1.22. The summed E-state index contributed by atoms with van der Waals surface area (Å²) in [4.78, 5) is 0. The number of hydrogen-bond donors (Lipinski definition) is 2. The van der Waals surface area contributed by atoms with Crippen LogP contribution in [0.1, 0.15) is 38.2 Å². The molecule has 1 aliphatic rings. The SMILES string of the molecule is COc1ccc(NCC2(N)CC2)cc1C(C)C. The topological polar surface area (TPSA) is 47.3 Å². The Morgan fingerprint density at radius 3 is 2.65 bits per heavy atom. The average molecular weight is 234 g/mol. The Bertz CT molecular complexity index is 397. The molecule has 17 heavy (non-hydrogen) atoms. The molecule has 0 bridgehead atoms. The van der Waals surface area contributed by atoms with E-state index in [4.69, 9.17) is 10.5 Å². The second kappa shape index (κ2) is 4.57. The smallest absolute Gasteiger partial charge is 0.122 e. The molecule has 0 aliphatic heterocycles. The Kier molecular flexibility index (Phi) is 3.29. The molecule has 94 valence electrons. The summed E-state index contributed by atoms with van der Waals surface area (Å²) in [5.41, 5.74) is 8.47. The minimum absolute atomic E-state index is 0.0396. The van der Waals surface area contributed by atoms with Gasteiger partial charge < -0.3 is 15.8 Å². The van der Waals surface area contributed by atoms with E-state index in [-0.39, 0.29) is 5.54 Å². The van der Waals surface area contributed by atoms with Gasteiger partial charge in [0, 0.05) is 17.8 Å². The monoisotopic (exact) mass is 234 g/mol. The van der Waals surface area contributed by atoms with Gasteiger partial charge in [0.15, 0.2) is 0 Å². The maximum Gasteiger partial charge on any atom is 0.122 e. The van der Waals surface area contributed by atoms with Crippen molar-refractivity contribution in [2.24, 2.45) is 5.73 Å². The van der Waals surface area contributed by atoms with Gasteiger partial charge in [0.05, 0.1) is 7.11 Å². The van der Waals surface area contributed by atoms with Crippen LogP contribution in [0.2, 0.25) is 0 Å². The van der Waals surface area contributed by atoms with Crippen molar-refractivity contribution in [3.05, 3.63) is 23.8 Å². The molecule has 1 aromatic carbocycles. The number of rotatable bonds is 5. The minimum Gasteiger partial charge on any atom is -0.496 e. The fraction of sp³-hybridized carbons (Fsp3) is 0.571. The molecule has 2 rings (SSSR count). The predicted molar refractivity (Wildman–Crippen MR) is 71.7 cm³/mol. The number of nitrogens with one attached hydrogen (secondary N) is 1. The van der Waals surface area contributed by atoms with Crippen LogP contribution in [0.15, 0.2) is 18.2 Å². The third-order valence-electron chi connectivity index (χ3n) is 3.39. The van der Waals surface area contributed by atoms with Gasteiger partial charge >= 0.3 is 0 Å². The van der Waals surface area contributed by atoms with E-state index in [9.17, 15) is 0 Å². The summed E-state index contributed by atoms with van der Waals surface area (Å²) in [6.07, 6.45) is 2.26. The van der Waals surface area contributed by atoms with Crippen molar-refractivity contribution in [3.63, 3.8) is 0 Å².